The number of nitrogens with one attached hydrogen (secondary N) is 2. The lowest BCUT2D eigenvalue weighted by atomic mass is 10.0. The molecule has 1 aliphatic rings. The van der Waals surface area contributed by atoms with Gasteiger partial charge in [0.1, 0.15) is 0 Å². The number of carboxylic acids is 1. The van der Waals surface area contributed by atoms with E-state index >= 15 is 0 Å². The molecule has 0 aromatic rings. The molecule has 6 heteroatoms. The van der Waals surface area contributed by atoms with Crippen LogP contribution in [0.2, 0.25) is 0 Å². The summed E-state index contributed by atoms with van der Waals surface area (Å²) in [5.41, 5.74) is 0. The van der Waals surface area contributed by atoms with Crippen LogP contribution in [0.25, 0.3) is 0 Å². The lowest BCUT2D eigenvalue weighted by molar-refractivity contribution is -0.141. The van der Waals surface area contributed by atoms with E-state index in [1.807, 2.05) is 0 Å². The molecule has 1 saturated carbocycles. The first-order chi connectivity index (χ1) is 8.45. The van der Waals surface area contributed by atoms with Crippen LogP contribution in [0.15, 0.2) is 0 Å². The highest BCUT2D eigenvalue weighted by Gasteiger charge is 2.29. The topological polar surface area (TPSA) is 87.7 Å². The predicted octanol–water partition coefficient (Wildman–Crippen LogP) is 0.962. The van der Waals surface area contributed by atoms with Gasteiger partial charge < -0.3 is 20.5 Å². The van der Waals surface area contributed by atoms with E-state index in [1.165, 1.54) is 0 Å². The quantitative estimate of drug-likeness (QED) is 0.685. The third-order valence-electron chi connectivity index (χ3n) is 3.57. The van der Waals surface area contributed by atoms with Gasteiger partial charge in [0.2, 0.25) is 0 Å². The highest BCUT2D eigenvalue weighted by molar-refractivity contribution is 5.76. The van der Waals surface area contributed by atoms with Crippen molar-refractivity contribution in [1.29, 1.82) is 0 Å². The predicted molar refractivity (Wildman–Crippen MR) is 66.4 cm³/mol. The molecule has 0 saturated heterocycles. The Labute approximate surface area is 107 Å². The second-order valence-electron chi connectivity index (χ2n) is 4.84. The van der Waals surface area contributed by atoms with Crippen LogP contribution in [0.4, 0.5) is 4.79 Å². The number of carbonyl (C=O) groups is 2. The fourth-order valence-corrected chi connectivity index (χ4v) is 2.13. The van der Waals surface area contributed by atoms with Gasteiger partial charge in [-0.2, -0.15) is 0 Å². The van der Waals surface area contributed by atoms with Crippen LogP contribution in [0.1, 0.15) is 33.1 Å². The molecule has 1 fully saturated rings. The molecule has 6 nitrogen and oxygen atoms in total. The van der Waals surface area contributed by atoms with Gasteiger partial charge in [0, 0.05) is 13.2 Å². The van der Waals surface area contributed by atoms with Crippen molar-refractivity contribution < 1.29 is 19.4 Å². The Kier molecular flexibility index (Phi) is 5.40. The minimum Gasteiger partial charge on any atom is -0.481 e. The van der Waals surface area contributed by atoms with Crippen molar-refractivity contribution in [1.82, 2.24) is 10.6 Å². The Hall–Kier alpha value is -1.30. The largest absolute Gasteiger partial charge is 0.481 e. The summed E-state index contributed by atoms with van der Waals surface area (Å²) in [7, 11) is 1.64. The zero-order valence-electron chi connectivity index (χ0n) is 11.1. The first-order valence-corrected chi connectivity index (χ1v) is 6.28. The molecule has 1 aliphatic carbocycles. The van der Waals surface area contributed by atoms with Crippen LogP contribution in [-0.2, 0) is 9.53 Å². The third kappa shape index (κ3) is 3.87. The number of carboxylic acid groups (broad SMARTS) is 1. The summed E-state index contributed by atoms with van der Waals surface area (Å²) in [6.45, 7) is 3.25. The number of aliphatic carboxylic acids is 1. The molecule has 0 heterocycles. The van der Waals surface area contributed by atoms with E-state index in [-0.39, 0.29) is 18.2 Å². The van der Waals surface area contributed by atoms with Gasteiger partial charge in [0.25, 0.3) is 0 Å². The number of hydrogen-bond acceptors (Lipinski definition) is 3. The second-order valence-corrected chi connectivity index (χ2v) is 4.84. The molecule has 0 aliphatic heterocycles. The van der Waals surface area contributed by atoms with Crippen LogP contribution in [0, 0.1) is 5.92 Å². The molecule has 0 aromatic carbocycles. The number of rotatable bonds is 5. The number of ether oxygens (including phenoxy) is 1. The Morgan fingerprint density at radius 3 is 2.56 bits per heavy atom. The molecule has 1 rings (SSSR count). The van der Waals surface area contributed by atoms with Crippen LogP contribution < -0.4 is 10.6 Å². The maximum atomic E-state index is 11.7. The van der Waals surface area contributed by atoms with Crippen molar-refractivity contribution in [2.75, 3.05) is 7.11 Å². The molecule has 0 spiro atoms. The summed E-state index contributed by atoms with van der Waals surface area (Å²) in [4.78, 5) is 22.5. The second kappa shape index (κ2) is 6.58. The van der Waals surface area contributed by atoms with Gasteiger partial charge in [0.15, 0.2) is 0 Å². The molecular weight excluding hydrogens is 236 g/mol. The summed E-state index contributed by atoms with van der Waals surface area (Å²) in [5.74, 6) is -1.53. The van der Waals surface area contributed by atoms with Crippen LogP contribution >= 0.6 is 0 Å². The average molecular weight is 258 g/mol. The third-order valence-corrected chi connectivity index (χ3v) is 3.57. The van der Waals surface area contributed by atoms with E-state index in [1.54, 1.807) is 21.0 Å². The average Bonchev–Trinajstić information content (AvgIpc) is 2.74. The maximum Gasteiger partial charge on any atom is 0.315 e. The van der Waals surface area contributed by atoms with Crippen molar-refractivity contribution in [3.8, 4) is 0 Å². The van der Waals surface area contributed by atoms with Crippen molar-refractivity contribution in [2.24, 2.45) is 5.92 Å². The molecule has 0 radical (unpaired) electrons. The Morgan fingerprint density at radius 1 is 1.33 bits per heavy atom. The number of urea groups is 1. The molecule has 3 N–H and O–H groups in total. The summed E-state index contributed by atoms with van der Waals surface area (Å²) >= 11 is 0. The number of hydrogen-bond donors (Lipinski definition) is 3. The normalized spacial score (nSPS) is 26.4. The monoisotopic (exact) mass is 258 g/mol. The van der Waals surface area contributed by atoms with E-state index in [4.69, 9.17) is 9.84 Å². The zero-order valence-corrected chi connectivity index (χ0v) is 11.1. The van der Waals surface area contributed by atoms with Gasteiger partial charge in [-0.3, -0.25) is 4.79 Å². The molecule has 4 unspecified atom stereocenters. The van der Waals surface area contributed by atoms with E-state index < -0.39 is 17.9 Å². The molecule has 0 bridgehead atoms. The van der Waals surface area contributed by atoms with Crippen molar-refractivity contribution in [3.05, 3.63) is 0 Å². The highest BCUT2D eigenvalue weighted by Crippen LogP contribution is 2.21. The van der Waals surface area contributed by atoms with Gasteiger partial charge >= 0.3 is 12.0 Å². The molecule has 4 atom stereocenters. The lowest BCUT2D eigenvalue weighted by Gasteiger charge is -2.23. The molecule has 18 heavy (non-hydrogen) atoms. The standard InChI is InChI=1S/C12H22N2O4/c1-7(11(15)16)8(2)13-12(17)14-9-5-4-6-10(9)18-3/h7-10H,4-6H2,1-3H3,(H,15,16)(H2,13,14,17). The van der Waals surface area contributed by atoms with Gasteiger partial charge in [0.05, 0.1) is 18.1 Å². The summed E-state index contributed by atoms with van der Waals surface area (Å²) in [6.07, 6.45) is 2.94. The minimum atomic E-state index is -0.918. The van der Waals surface area contributed by atoms with E-state index in [2.05, 4.69) is 10.6 Å². The number of amides is 2. The van der Waals surface area contributed by atoms with Crippen molar-refractivity contribution in [2.45, 2.75) is 51.3 Å². The molecular formula is C12H22N2O4. The maximum absolute atomic E-state index is 11.7. The van der Waals surface area contributed by atoms with Gasteiger partial charge in [-0.1, -0.05) is 0 Å². The first kappa shape index (κ1) is 14.8. The smallest absolute Gasteiger partial charge is 0.315 e. The zero-order chi connectivity index (χ0) is 13.7. The van der Waals surface area contributed by atoms with Gasteiger partial charge in [-0.25, -0.2) is 4.79 Å². The molecule has 104 valence electrons. The van der Waals surface area contributed by atoms with E-state index in [0.29, 0.717) is 0 Å². The Balaban J connectivity index is 2.39. The fraction of sp³-hybridized carbons (Fsp3) is 0.833. The lowest BCUT2D eigenvalue weighted by Crippen LogP contribution is -2.50. The Morgan fingerprint density at radius 2 is 2.00 bits per heavy atom. The molecule has 0 aromatic heterocycles. The summed E-state index contributed by atoms with van der Waals surface area (Å²) in [5, 5.41) is 14.3. The van der Waals surface area contributed by atoms with Gasteiger partial charge in [-0.15, -0.1) is 0 Å². The van der Waals surface area contributed by atoms with E-state index in [9.17, 15) is 9.59 Å². The van der Waals surface area contributed by atoms with Crippen LogP contribution in [0.5, 0.6) is 0 Å². The fourth-order valence-electron chi connectivity index (χ4n) is 2.13. The number of carbonyl (C=O) groups excluding carboxylic acids is 1. The number of methoxy groups -OCH3 is 1. The summed E-state index contributed by atoms with van der Waals surface area (Å²) in [6, 6.07) is -0.725. The molecule has 2 amide bonds. The minimum absolute atomic E-state index is 0.0161. The highest BCUT2D eigenvalue weighted by atomic mass is 16.5. The van der Waals surface area contributed by atoms with Crippen molar-refractivity contribution >= 4 is 12.0 Å². The summed E-state index contributed by atoms with van der Waals surface area (Å²) < 4.78 is 5.28. The Bertz CT molecular complexity index is 308. The van der Waals surface area contributed by atoms with Crippen LogP contribution in [0.3, 0.4) is 0 Å². The van der Waals surface area contributed by atoms with Gasteiger partial charge in [-0.05, 0) is 33.1 Å². The SMILES string of the molecule is COC1CCCC1NC(=O)NC(C)C(C)C(=O)O. The van der Waals surface area contributed by atoms with E-state index in [0.717, 1.165) is 19.3 Å². The first-order valence-electron chi connectivity index (χ1n) is 6.28. The van der Waals surface area contributed by atoms with Crippen LogP contribution in [-0.4, -0.2) is 42.4 Å². The van der Waals surface area contributed by atoms with Crippen molar-refractivity contribution in [3.63, 3.8) is 0 Å².